The number of hydrogen-bond acceptors (Lipinski definition) is 10. The smallest absolute Gasteiger partial charge is 0.306 e. The predicted octanol–water partition coefficient (Wildman–Crippen LogP) is 15.1. The predicted molar refractivity (Wildman–Crippen MR) is 328 cm³/mol. The normalized spacial score (nSPS) is 19.7. The summed E-state index contributed by atoms with van der Waals surface area (Å²) in [5.41, 5.74) is 0. The van der Waals surface area contributed by atoms with Crippen molar-refractivity contribution in [2.24, 2.45) is 0 Å². The molecule has 1 saturated heterocycles. The molecular weight excluding hydrogens is 991 g/mol. The van der Waals surface area contributed by atoms with Crippen molar-refractivity contribution in [3.8, 4) is 0 Å². The zero-order chi connectivity index (χ0) is 57.5. The van der Waals surface area contributed by atoms with Crippen molar-refractivity contribution in [3.05, 3.63) is 122 Å². The van der Waals surface area contributed by atoms with Gasteiger partial charge >= 0.3 is 5.97 Å². The van der Waals surface area contributed by atoms with Crippen LogP contribution in [0.3, 0.4) is 0 Å². The summed E-state index contributed by atoms with van der Waals surface area (Å²) in [6, 6.07) is -1.07. The first kappa shape index (κ1) is 73.1. The van der Waals surface area contributed by atoms with Gasteiger partial charge < -0.3 is 45.1 Å². The van der Waals surface area contributed by atoms with Crippen molar-refractivity contribution < 1.29 is 49.3 Å². The van der Waals surface area contributed by atoms with Crippen molar-refractivity contribution in [2.45, 2.75) is 282 Å². The van der Waals surface area contributed by atoms with Gasteiger partial charge in [0.2, 0.25) is 5.91 Å². The van der Waals surface area contributed by atoms with Crippen LogP contribution in [-0.4, -0.2) is 99.6 Å². The van der Waals surface area contributed by atoms with Gasteiger partial charge in [-0.15, -0.1) is 0 Å². The van der Waals surface area contributed by atoms with Gasteiger partial charge in [0.05, 0.1) is 25.4 Å². The lowest BCUT2D eigenvalue weighted by Crippen LogP contribution is -2.61. The first-order valence-electron chi connectivity index (χ1n) is 31.4. The Bertz CT molecular complexity index is 1740. The second-order valence-corrected chi connectivity index (χ2v) is 21.2. The van der Waals surface area contributed by atoms with Gasteiger partial charge in [0.1, 0.15) is 24.4 Å². The van der Waals surface area contributed by atoms with Gasteiger partial charge in [-0.3, -0.25) is 9.59 Å². The summed E-state index contributed by atoms with van der Waals surface area (Å²) in [4.78, 5) is 26.5. The molecule has 1 amide bonds. The van der Waals surface area contributed by atoms with Crippen molar-refractivity contribution in [1.29, 1.82) is 0 Å². The highest BCUT2D eigenvalue weighted by molar-refractivity contribution is 5.80. The summed E-state index contributed by atoms with van der Waals surface area (Å²) in [6.45, 7) is 5.54. The van der Waals surface area contributed by atoms with Crippen molar-refractivity contribution >= 4 is 11.9 Å². The Morgan fingerprint density at radius 1 is 0.519 bits per heavy atom. The van der Waals surface area contributed by atoms with Gasteiger partial charge in [0, 0.05) is 6.42 Å². The van der Waals surface area contributed by atoms with Gasteiger partial charge in [-0.1, -0.05) is 264 Å². The third-order valence-electron chi connectivity index (χ3n) is 14.0. The number of aliphatic hydroxyl groups is 5. The van der Waals surface area contributed by atoms with Crippen LogP contribution in [0.25, 0.3) is 0 Å². The number of carbonyl (C=O) groups is 2. The summed E-state index contributed by atoms with van der Waals surface area (Å²) in [6.07, 6.45) is 65.5. The standard InChI is InChI=1S/C68H113NO10/c1-4-7-10-13-16-19-22-24-25-26-27-28-29-30-31-32-33-34-35-36-37-38-41-44-47-50-53-56-63(73)79-66-65(75)64(74)62(57-70)78-68(66)77-58-59(60(71)54-51-48-45-42-39-21-18-15-12-9-6-3)69-67(76)61(72)55-52-49-46-43-40-23-20-17-14-11-8-5-2/h8,11,14,16-17,19-20,23-25,27-28,30-31,40,43,46,49,51,54,59-62,64-66,68,70-72,74-75H,4-7,9-10,12-13,15,18,21-22,26,29,32-39,41-42,44-45,47-48,50,52-53,55-58H2,1-3H3,(H,69,76)/b11-8+,17-14+,19-16-,23-20-,25-24-,28-27-,31-30-,43-40-,49-46+,54-51+. The van der Waals surface area contributed by atoms with Crippen molar-refractivity contribution in [1.82, 2.24) is 5.32 Å². The first-order valence-corrected chi connectivity index (χ1v) is 31.4. The first-order chi connectivity index (χ1) is 38.7. The monoisotopic (exact) mass is 1100 g/mol. The van der Waals surface area contributed by atoms with Crippen LogP contribution >= 0.6 is 0 Å². The third kappa shape index (κ3) is 42.6. The third-order valence-corrected chi connectivity index (χ3v) is 14.0. The fourth-order valence-electron chi connectivity index (χ4n) is 9.02. The number of amides is 1. The molecule has 11 nitrogen and oxygen atoms in total. The van der Waals surface area contributed by atoms with E-state index in [1.54, 1.807) is 6.08 Å². The van der Waals surface area contributed by atoms with Crippen molar-refractivity contribution in [2.75, 3.05) is 13.2 Å². The largest absolute Gasteiger partial charge is 0.454 e. The maximum atomic E-state index is 13.3. The lowest BCUT2D eigenvalue weighted by molar-refractivity contribution is -0.305. The average molecular weight is 1100 g/mol. The Labute approximate surface area is 480 Å². The number of esters is 1. The molecule has 0 saturated carbocycles. The summed E-state index contributed by atoms with van der Waals surface area (Å²) in [5.74, 6) is -1.29. The van der Waals surface area contributed by atoms with Crippen LogP contribution in [0.4, 0.5) is 0 Å². The molecule has 0 aliphatic carbocycles. The molecule has 11 heteroatoms. The van der Waals surface area contributed by atoms with E-state index in [4.69, 9.17) is 14.2 Å². The highest BCUT2D eigenvalue weighted by atomic mass is 16.7. The minimum Gasteiger partial charge on any atom is -0.454 e. The Hall–Kier alpha value is -3.94. The molecule has 1 aliphatic rings. The summed E-state index contributed by atoms with van der Waals surface area (Å²) < 4.78 is 17.6. The molecule has 0 spiro atoms. The Morgan fingerprint density at radius 3 is 1.48 bits per heavy atom. The molecule has 0 aromatic heterocycles. The van der Waals surface area contributed by atoms with E-state index in [1.807, 2.05) is 60.8 Å². The van der Waals surface area contributed by atoms with Gasteiger partial charge in [0.15, 0.2) is 12.4 Å². The quantitative estimate of drug-likeness (QED) is 0.0149. The van der Waals surface area contributed by atoms with Crippen LogP contribution in [0.1, 0.15) is 233 Å². The summed E-state index contributed by atoms with van der Waals surface area (Å²) in [5, 5.41) is 56.7. The second kappa shape index (κ2) is 54.6. The maximum Gasteiger partial charge on any atom is 0.306 e. The molecule has 6 N–H and O–H groups in total. The van der Waals surface area contributed by atoms with Gasteiger partial charge in [0.25, 0.3) is 0 Å². The molecule has 1 aliphatic heterocycles. The number of hydrogen-bond donors (Lipinski definition) is 6. The number of carbonyl (C=O) groups excluding carboxylic acids is 2. The molecule has 1 fully saturated rings. The fourth-order valence-corrected chi connectivity index (χ4v) is 9.02. The van der Waals surface area contributed by atoms with Gasteiger partial charge in [-0.05, 0) is 83.5 Å². The molecule has 0 bridgehead atoms. The highest BCUT2D eigenvalue weighted by Gasteiger charge is 2.47. The van der Waals surface area contributed by atoms with Crippen LogP contribution in [0.15, 0.2) is 122 Å². The van der Waals surface area contributed by atoms with E-state index in [1.165, 1.54) is 103 Å². The van der Waals surface area contributed by atoms with Gasteiger partial charge in [-0.2, -0.15) is 0 Å². The molecule has 0 radical (unpaired) electrons. The number of aliphatic hydroxyl groups excluding tert-OH is 5. The summed E-state index contributed by atoms with van der Waals surface area (Å²) >= 11 is 0. The lowest BCUT2D eigenvalue weighted by Gasteiger charge is -2.41. The topological polar surface area (TPSA) is 175 Å². The molecule has 1 heterocycles. The molecule has 79 heavy (non-hydrogen) atoms. The van der Waals surface area contributed by atoms with Crippen LogP contribution in [0.5, 0.6) is 0 Å². The zero-order valence-corrected chi connectivity index (χ0v) is 49.7. The van der Waals surface area contributed by atoms with Crippen LogP contribution < -0.4 is 5.32 Å². The summed E-state index contributed by atoms with van der Waals surface area (Å²) in [7, 11) is 0. The van der Waals surface area contributed by atoms with E-state index in [0.717, 1.165) is 83.5 Å². The average Bonchev–Trinajstić information content (AvgIpc) is 3.44. The van der Waals surface area contributed by atoms with E-state index < -0.39 is 67.4 Å². The van der Waals surface area contributed by atoms with E-state index in [2.05, 4.69) is 80.8 Å². The van der Waals surface area contributed by atoms with Crippen LogP contribution in [0, 0.1) is 0 Å². The highest BCUT2D eigenvalue weighted by Crippen LogP contribution is 2.26. The van der Waals surface area contributed by atoms with Crippen LogP contribution in [0.2, 0.25) is 0 Å². The molecule has 8 unspecified atom stereocenters. The molecule has 0 aromatic carbocycles. The number of rotatable bonds is 51. The van der Waals surface area contributed by atoms with Gasteiger partial charge in [-0.25, -0.2) is 0 Å². The molecule has 450 valence electrons. The molecule has 1 rings (SSSR count). The van der Waals surface area contributed by atoms with E-state index >= 15 is 0 Å². The minimum absolute atomic E-state index is 0.104. The number of ether oxygens (including phenoxy) is 3. The lowest BCUT2D eigenvalue weighted by atomic mass is 9.99. The minimum atomic E-state index is -1.63. The zero-order valence-electron chi connectivity index (χ0n) is 49.7. The number of allylic oxidation sites excluding steroid dienone is 19. The SMILES string of the molecule is CC/C=C/C=C/C=C\C=C/C=C/CCC(O)C(=O)NC(COC1OC(CO)C(O)C(O)C1OC(=O)CCCCCCCCCCCCC/C=C\C/C=C\C/C=C\C/C=C\CCCCC)C(O)/C=C/CCCCCCCCCCC. The van der Waals surface area contributed by atoms with E-state index in [0.29, 0.717) is 12.8 Å². The van der Waals surface area contributed by atoms with Crippen molar-refractivity contribution in [3.63, 3.8) is 0 Å². The maximum absolute atomic E-state index is 13.3. The number of nitrogens with one attached hydrogen (secondary N) is 1. The Balaban J connectivity index is 2.60. The van der Waals surface area contributed by atoms with E-state index in [-0.39, 0.29) is 19.4 Å². The van der Waals surface area contributed by atoms with E-state index in [9.17, 15) is 35.1 Å². The number of unbranched alkanes of at least 4 members (excludes halogenated alkanes) is 23. The Morgan fingerprint density at radius 2 is 0.962 bits per heavy atom. The van der Waals surface area contributed by atoms with Crippen LogP contribution in [-0.2, 0) is 23.8 Å². The molecule has 8 atom stereocenters. The fraction of sp³-hybridized carbons (Fsp3) is 0.676. The Kier molecular flexibility index (Phi) is 50.5. The molecular formula is C68H113NO10. The second-order valence-electron chi connectivity index (χ2n) is 21.2. The molecule has 0 aromatic rings.